The molecule has 1 N–H and O–H groups in total. The molecule has 3 aliphatic carbocycles. The fourth-order valence-corrected chi connectivity index (χ4v) is 5.65. The number of carbonyl (C=O) groups is 1. The van der Waals surface area contributed by atoms with E-state index >= 15 is 0 Å². The summed E-state index contributed by atoms with van der Waals surface area (Å²) >= 11 is 0. The first-order valence-electron chi connectivity index (χ1n) is 14.0. The summed E-state index contributed by atoms with van der Waals surface area (Å²) < 4.78 is 0. The van der Waals surface area contributed by atoms with Gasteiger partial charge in [0.15, 0.2) is 0 Å². The van der Waals surface area contributed by atoms with Crippen LogP contribution in [-0.2, 0) is 4.79 Å². The van der Waals surface area contributed by atoms with Gasteiger partial charge >= 0.3 is 0 Å². The lowest BCUT2D eigenvalue weighted by atomic mass is 9.88. The molecule has 1 aromatic carbocycles. The second kappa shape index (κ2) is 15.4. The first-order chi connectivity index (χ1) is 16.0. The molecule has 0 radical (unpaired) electrons. The first-order valence-corrected chi connectivity index (χ1v) is 14.0. The Kier molecular flexibility index (Phi) is 13.7. The smallest absolute Gasteiger partial charge is 0.219 e. The molecular weight excluding hydrogens is 402 g/mol. The molecular formula is C31H53NO. The molecule has 0 aromatic heterocycles. The molecule has 33 heavy (non-hydrogen) atoms. The van der Waals surface area contributed by atoms with Gasteiger partial charge in [-0.15, -0.1) is 0 Å². The summed E-state index contributed by atoms with van der Waals surface area (Å²) in [7, 11) is 0. The third-order valence-corrected chi connectivity index (χ3v) is 7.47. The molecule has 0 heterocycles. The number of benzene rings is 1. The van der Waals surface area contributed by atoms with Crippen LogP contribution in [0.1, 0.15) is 118 Å². The molecule has 0 bridgehead atoms. The highest BCUT2D eigenvalue weighted by atomic mass is 16.1. The van der Waals surface area contributed by atoms with Crippen molar-refractivity contribution in [2.24, 2.45) is 23.2 Å². The Morgan fingerprint density at radius 1 is 1.06 bits per heavy atom. The van der Waals surface area contributed by atoms with E-state index in [1.165, 1.54) is 49.7 Å². The highest BCUT2D eigenvalue weighted by molar-refractivity contribution is 5.75. The maximum absolute atomic E-state index is 11.2. The topological polar surface area (TPSA) is 29.1 Å². The summed E-state index contributed by atoms with van der Waals surface area (Å²) in [6.07, 6.45) is 11.2. The van der Waals surface area contributed by atoms with Crippen molar-refractivity contribution >= 4 is 5.91 Å². The van der Waals surface area contributed by atoms with Gasteiger partial charge in [-0.25, -0.2) is 0 Å². The second-order valence-corrected chi connectivity index (χ2v) is 9.93. The summed E-state index contributed by atoms with van der Waals surface area (Å²) in [6, 6.07) is 10.7. The highest BCUT2D eigenvalue weighted by Gasteiger charge is 2.73. The Morgan fingerprint density at radius 3 is 2.24 bits per heavy atom. The quantitative estimate of drug-likeness (QED) is 0.389. The van der Waals surface area contributed by atoms with E-state index in [0.717, 1.165) is 42.6 Å². The number of hydrogen-bond acceptors (Lipinski definition) is 1. The zero-order valence-electron chi connectivity index (χ0n) is 22.9. The van der Waals surface area contributed by atoms with E-state index in [1.54, 1.807) is 0 Å². The van der Waals surface area contributed by atoms with Crippen LogP contribution in [0.15, 0.2) is 42.5 Å². The molecule has 3 fully saturated rings. The van der Waals surface area contributed by atoms with E-state index < -0.39 is 0 Å². The van der Waals surface area contributed by atoms with Crippen LogP contribution in [0.5, 0.6) is 0 Å². The largest absolute Gasteiger partial charge is 0.356 e. The minimum absolute atomic E-state index is 0.220. The molecule has 5 unspecified atom stereocenters. The van der Waals surface area contributed by atoms with Gasteiger partial charge in [0.25, 0.3) is 0 Å². The van der Waals surface area contributed by atoms with Crippen LogP contribution in [0, 0.1) is 23.2 Å². The summed E-state index contributed by atoms with van der Waals surface area (Å²) in [5.41, 5.74) is 3.61. The van der Waals surface area contributed by atoms with Crippen molar-refractivity contribution in [3.05, 3.63) is 48.0 Å². The van der Waals surface area contributed by atoms with Crippen LogP contribution in [-0.4, -0.2) is 12.5 Å². The average Bonchev–Trinajstić information content (AvgIpc) is 3.74. The summed E-state index contributed by atoms with van der Waals surface area (Å²) in [5.74, 6) is 3.65. The molecule has 188 valence electrons. The van der Waals surface area contributed by atoms with E-state index in [-0.39, 0.29) is 5.91 Å². The van der Waals surface area contributed by atoms with Gasteiger partial charge in [-0.3, -0.25) is 4.79 Å². The van der Waals surface area contributed by atoms with Gasteiger partial charge < -0.3 is 5.32 Å². The van der Waals surface area contributed by atoms with Crippen LogP contribution in [0.3, 0.4) is 0 Å². The third kappa shape index (κ3) is 8.62. The monoisotopic (exact) mass is 455 g/mol. The van der Waals surface area contributed by atoms with Gasteiger partial charge in [0, 0.05) is 18.9 Å². The van der Waals surface area contributed by atoms with E-state index in [9.17, 15) is 4.79 Å². The van der Waals surface area contributed by atoms with Crippen LogP contribution >= 0.6 is 0 Å². The van der Waals surface area contributed by atoms with Gasteiger partial charge in [-0.1, -0.05) is 104 Å². The van der Waals surface area contributed by atoms with Gasteiger partial charge in [-0.05, 0) is 67.3 Å². The predicted molar refractivity (Wildman–Crippen MR) is 146 cm³/mol. The van der Waals surface area contributed by atoms with Crippen molar-refractivity contribution in [2.75, 3.05) is 6.54 Å². The van der Waals surface area contributed by atoms with Crippen molar-refractivity contribution < 1.29 is 4.79 Å². The molecule has 3 saturated carbocycles. The van der Waals surface area contributed by atoms with Crippen molar-refractivity contribution in [1.82, 2.24) is 5.32 Å². The fraction of sp³-hybridized carbons (Fsp3) is 0.710. The molecule has 2 nitrogen and oxygen atoms in total. The Labute approximate surface area is 206 Å². The van der Waals surface area contributed by atoms with Gasteiger partial charge in [-0.2, -0.15) is 0 Å². The molecule has 1 aromatic rings. The zero-order valence-corrected chi connectivity index (χ0v) is 22.9. The Bertz CT molecular complexity index is 681. The van der Waals surface area contributed by atoms with E-state index in [0.29, 0.717) is 12.3 Å². The lowest BCUT2D eigenvalue weighted by molar-refractivity contribution is -0.121. The van der Waals surface area contributed by atoms with Gasteiger partial charge in [0.05, 0.1) is 0 Å². The minimum atomic E-state index is 0.220. The van der Waals surface area contributed by atoms with E-state index in [2.05, 4.69) is 69.9 Å². The maximum Gasteiger partial charge on any atom is 0.219 e. The number of rotatable bonds is 8. The van der Waals surface area contributed by atoms with Crippen LogP contribution < -0.4 is 5.32 Å². The lowest BCUT2D eigenvalue weighted by Crippen LogP contribution is -2.30. The number of hydrogen-bond donors (Lipinski definition) is 1. The number of carbonyl (C=O) groups excluding carboxylic acids is 1. The van der Waals surface area contributed by atoms with Gasteiger partial charge in [0.1, 0.15) is 0 Å². The zero-order chi connectivity index (χ0) is 24.9. The third-order valence-electron chi connectivity index (χ3n) is 7.47. The minimum Gasteiger partial charge on any atom is -0.356 e. The first kappa shape index (κ1) is 29.5. The van der Waals surface area contributed by atoms with E-state index in [1.807, 2.05) is 20.8 Å². The number of amides is 1. The lowest BCUT2D eigenvalue weighted by Gasteiger charge is -2.21. The van der Waals surface area contributed by atoms with E-state index in [4.69, 9.17) is 0 Å². The molecule has 3 aliphatic rings. The second-order valence-electron chi connectivity index (χ2n) is 9.93. The normalized spacial score (nSPS) is 26.2. The van der Waals surface area contributed by atoms with Crippen LogP contribution in [0.4, 0.5) is 0 Å². The molecule has 0 saturated heterocycles. The molecule has 2 heteroatoms. The Hall–Kier alpha value is -1.57. The highest BCUT2D eigenvalue weighted by Crippen LogP contribution is 2.80. The standard InChI is InChI=1S/C14H20.C12H19NO.C3H8.C2H6/c1-4-9-12(3)14(5-2)13-10-7-6-8-11-13;1-2-11(14)13-7-8-3-4-9-5-12(9)6-10(8)12;1-3-2;1-2/h6-8,10-11,14H,3-5,9H2,1-2H3;8-10H,2-7H2,1H3,(H,13,14);3H2,1-2H3;1-2H3. The van der Waals surface area contributed by atoms with Crippen LogP contribution in [0.2, 0.25) is 0 Å². The average molecular weight is 456 g/mol. The SMILES string of the molecule is C=C(CCC)C(CC)c1ccccc1.CC.CCC.CCC(=O)NCC1CCC2CC23CC13. The molecule has 4 rings (SSSR count). The summed E-state index contributed by atoms with van der Waals surface area (Å²) in [5, 5.41) is 3.06. The Balaban J connectivity index is 0.000000277. The number of allylic oxidation sites excluding steroid dienone is 1. The van der Waals surface area contributed by atoms with Crippen molar-refractivity contribution in [3.8, 4) is 0 Å². The molecule has 0 aliphatic heterocycles. The molecule has 1 spiro atoms. The van der Waals surface area contributed by atoms with Crippen molar-refractivity contribution in [2.45, 2.75) is 112 Å². The summed E-state index contributed by atoms with van der Waals surface area (Å²) in [6.45, 7) is 19.8. The number of nitrogens with one attached hydrogen (secondary N) is 1. The van der Waals surface area contributed by atoms with Gasteiger partial charge in [0.2, 0.25) is 5.91 Å². The van der Waals surface area contributed by atoms with Crippen LogP contribution in [0.25, 0.3) is 0 Å². The summed E-state index contributed by atoms with van der Waals surface area (Å²) in [4.78, 5) is 11.2. The maximum atomic E-state index is 11.2. The molecule has 1 amide bonds. The predicted octanol–water partition coefficient (Wildman–Crippen LogP) is 8.93. The van der Waals surface area contributed by atoms with Crippen molar-refractivity contribution in [3.63, 3.8) is 0 Å². The Morgan fingerprint density at radius 2 is 1.70 bits per heavy atom. The van der Waals surface area contributed by atoms with Crippen molar-refractivity contribution in [1.29, 1.82) is 0 Å². The fourth-order valence-electron chi connectivity index (χ4n) is 5.65. The molecule has 5 atom stereocenters.